The second-order valence-electron chi connectivity index (χ2n) is 10.9. The zero-order valence-electron chi connectivity index (χ0n) is 24.8. The number of benzene rings is 1. The van der Waals surface area contributed by atoms with Crippen molar-refractivity contribution in [1.82, 2.24) is 19.8 Å². The Morgan fingerprint density at radius 3 is 2.44 bits per heavy atom. The number of amides is 1. The van der Waals surface area contributed by atoms with Crippen molar-refractivity contribution in [2.45, 2.75) is 13.1 Å². The van der Waals surface area contributed by atoms with E-state index in [9.17, 15) is 22.8 Å². The maximum atomic E-state index is 13.2. The van der Waals surface area contributed by atoms with Gasteiger partial charge in [-0.25, -0.2) is 4.98 Å². The quantitative estimate of drug-likeness (QED) is 0.344. The highest BCUT2D eigenvalue weighted by molar-refractivity contribution is 6.04. The Balaban J connectivity index is 1.30. The Morgan fingerprint density at radius 2 is 1.73 bits per heavy atom. The smallest absolute Gasteiger partial charge is 0.416 e. The van der Waals surface area contributed by atoms with Crippen molar-refractivity contribution in [3.05, 3.63) is 65.6 Å². The number of hydrogen-bond donors (Lipinski definition) is 2. The number of aromatic nitrogens is 2. The van der Waals surface area contributed by atoms with Gasteiger partial charge in [0.05, 0.1) is 37.2 Å². The molecule has 5 rings (SSSR count). The van der Waals surface area contributed by atoms with Gasteiger partial charge in [0.1, 0.15) is 12.3 Å². The number of alkyl halides is 3. The normalized spacial score (nSPS) is 16.4. The third kappa shape index (κ3) is 8.47. The van der Waals surface area contributed by atoms with Crippen LogP contribution in [-0.4, -0.2) is 109 Å². The number of nitrogens with zero attached hydrogens (tertiary/aromatic N) is 5. The number of carboxylic acids is 1. The lowest BCUT2D eigenvalue weighted by Crippen LogP contribution is -2.48. The van der Waals surface area contributed by atoms with E-state index in [1.165, 1.54) is 18.3 Å². The molecule has 11 nitrogen and oxygen atoms in total. The zero-order chi connectivity index (χ0) is 32.0. The average molecular weight is 629 g/mol. The second-order valence-corrected chi connectivity index (χ2v) is 10.9. The largest absolute Gasteiger partial charge is 0.480 e. The SMILES string of the molecule is Cc1ncc(NC(=O)c2cccc(C(F)(F)F)c2)cc1-c1cnc(OCCN2CCN(CC(=O)O)CC2)c(N2CCOCC2)c1. The summed E-state index contributed by atoms with van der Waals surface area (Å²) in [5.41, 5.74) is 2.21. The van der Waals surface area contributed by atoms with Crippen LogP contribution in [-0.2, 0) is 15.7 Å². The van der Waals surface area contributed by atoms with Crippen molar-refractivity contribution in [3.8, 4) is 17.0 Å². The van der Waals surface area contributed by atoms with Crippen molar-refractivity contribution < 1.29 is 37.3 Å². The lowest BCUT2D eigenvalue weighted by atomic mass is 10.0. The molecule has 0 atom stereocenters. The first kappa shape index (κ1) is 32.1. The highest BCUT2D eigenvalue weighted by atomic mass is 19.4. The van der Waals surface area contributed by atoms with Crippen LogP contribution in [0.15, 0.2) is 48.8 Å². The van der Waals surface area contributed by atoms with Gasteiger partial charge in [-0.05, 0) is 37.3 Å². The van der Waals surface area contributed by atoms with E-state index < -0.39 is 23.6 Å². The van der Waals surface area contributed by atoms with Crippen molar-refractivity contribution in [1.29, 1.82) is 0 Å². The summed E-state index contributed by atoms with van der Waals surface area (Å²) in [5, 5.41) is 11.7. The third-order valence-corrected chi connectivity index (χ3v) is 7.76. The van der Waals surface area contributed by atoms with Crippen LogP contribution < -0.4 is 15.0 Å². The van der Waals surface area contributed by atoms with Gasteiger partial charge in [0.15, 0.2) is 0 Å². The van der Waals surface area contributed by atoms with Gasteiger partial charge < -0.3 is 24.8 Å². The van der Waals surface area contributed by atoms with Crippen LogP contribution in [0.5, 0.6) is 5.88 Å². The molecule has 0 bridgehead atoms. The first-order valence-corrected chi connectivity index (χ1v) is 14.6. The molecule has 2 fully saturated rings. The van der Waals surface area contributed by atoms with Crippen LogP contribution in [0.3, 0.4) is 0 Å². The van der Waals surface area contributed by atoms with Gasteiger partial charge in [-0.15, -0.1) is 0 Å². The van der Waals surface area contributed by atoms with Crippen molar-refractivity contribution in [3.63, 3.8) is 0 Å². The Labute approximate surface area is 258 Å². The summed E-state index contributed by atoms with van der Waals surface area (Å²) < 4.78 is 51.2. The molecule has 0 unspecified atom stereocenters. The fraction of sp³-hybridized carbons (Fsp3) is 0.419. The van der Waals surface area contributed by atoms with E-state index in [0.717, 1.165) is 36.5 Å². The molecule has 240 valence electrons. The number of carboxylic acid groups (broad SMARTS) is 1. The number of aliphatic carboxylic acids is 1. The van der Waals surface area contributed by atoms with Gasteiger partial charge in [0.2, 0.25) is 5.88 Å². The molecule has 1 aromatic carbocycles. The number of anilines is 2. The number of carbonyl (C=O) groups excluding carboxylic acids is 1. The Hall–Kier alpha value is -4.27. The van der Waals surface area contributed by atoms with E-state index in [0.29, 0.717) is 75.4 Å². The molecule has 0 radical (unpaired) electrons. The molecule has 2 aliphatic rings. The summed E-state index contributed by atoms with van der Waals surface area (Å²) in [4.78, 5) is 39.2. The molecule has 0 saturated carbocycles. The summed E-state index contributed by atoms with van der Waals surface area (Å²) in [7, 11) is 0. The number of morpholine rings is 1. The predicted octanol–water partition coefficient (Wildman–Crippen LogP) is 3.64. The van der Waals surface area contributed by atoms with E-state index in [1.807, 2.05) is 17.9 Å². The molecule has 1 amide bonds. The minimum Gasteiger partial charge on any atom is -0.480 e. The maximum Gasteiger partial charge on any atom is 0.416 e. The summed E-state index contributed by atoms with van der Waals surface area (Å²) in [6.07, 6.45) is -1.43. The first-order chi connectivity index (χ1) is 21.6. The predicted molar refractivity (Wildman–Crippen MR) is 161 cm³/mol. The molecular weight excluding hydrogens is 593 g/mol. The number of aryl methyl sites for hydroxylation is 1. The van der Waals surface area contributed by atoms with Crippen LogP contribution in [0.1, 0.15) is 21.6 Å². The summed E-state index contributed by atoms with van der Waals surface area (Å²) in [6, 6.07) is 7.93. The van der Waals surface area contributed by atoms with Crippen LogP contribution in [0, 0.1) is 6.92 Å². The number of carbonyl (C=O) groups is 2. The minimum atomic E-state index is -4.56. The van der Waals surface area contributed by atoms with Gasteiger partial charge >= 0.3 is 12.1 Å². The van der Waals surface area contributed by atoms with Gasteiger partial charge in [-0.3, -0.25) is 24.4 Å². The number of pyridine rings is 2. The minimum absolute atomic E-state index is 0.0453. The molecule has 2 N–H and O–H groups in total. The van der Waals surface area contributed by atoms with Crippen LogP contribution in [0.2, 0.25) is 0 Å². The van der Waals surface area contributed by atoms with Gasteiger partial charge in [0.25, 0.3) is 5.91 Å². The molecule has 14 heteroatoms. The third-order valence-electron chi connectivity index (χ3n) is 7.76. The van der Waals surface area contributed by atoms with Crippen molar-refractivity contribution in [2.75, 3.05) is 82.4 Å². The summed E-state index contributed by atoms with van der Waals surface area (Å²) >= 11 is 0. The lowest BCUT2D eigenvalue weighted by molar-refractivity contribution is -0.139. The number of nitrogens with one attached hydrogen (secondary N) is 1. The van der Waals surface area contributed by atoms with E-state index in [2.05, 4.69) is 25.1 Å². The maximum absolute atomic E-state index is 13.2. The zero-order valence-corrected chi connectivity index (χ0v) is 24.8. The molecule has 0 spiro atoms. The van der Waals surface area contributed by atoms with Gasteiger partial charge in [0, 0.05) is 74.4 Å². The van der Waals surface area contributed by atoms with E-state index in [-0.39, 0.29) is 12.1 Å². The van der Waals surface area contributed by atoms with Gasteiger partial charge in [-0.1, -0.05) is 6.07 Å². The van der Waals surface area contributed by atoms with Crippen molar-refractivity contribution in [2.24, 2.45) is 0 Å². The van der Waals surface area contributed by atoms with Crippen LogP contribution >= 0.6 is 0 Å². The summed E-state index contributed by atoms with van der Waals surface area (Å²) in [6.45, 7) is 8.24. The molecule has 45 heavy (non-hydrogen) atoms. The number of halogens is 3. The fourth-order valence-corrected chi connectivity index (χ4v) is 5.30. The lowest BCUT2D eigenvalue weighted by Gasteiger charge is -2.34. The van der Waals surface area contributed by atoms with E-state index >= 15 is 0 Å². The molecule has 2 aliphatic heterocycles. The average Bonchev–Trinajstić information content (AvgIpc) is 3.03. The Bertz CT molecular complexity index is 1510. The summed E-state index contributed by atoms with van der Waals surface area (Å²) in [5.74, 6) is -1.03. The van der Waals surface area contributed by atoms with E-state index in [1.54, 1.807) is 12.3 Å². The number of piperazine rings is 1. The molecule has 2 aromatic heterocycles. The number of hydrogen-bond acceptors (Lipinski definition) is 9. The Kier molecular flexibility index (Phi) is 10.2. The fourth-order valence-electron chi connectivity index (χ4n) is 5.30. The highest BCUT2D eigenvalue weighted by Gasteiger charge is 2.31. The van der Waals surface area contributed by atoms with Crippen LogP contribution in [0.4, 0.5) is 24.5 Å². The standard InChI is InChI=1S/C31H35F3N6O5/c1-21-26(17-25(19-35-21)37-29(43)22-3-2-4-24(15-22)31(32,33)34)23-16-27(40-10-12-44-13-11-40)30(36-18-23)45-14-9-38-5-7-39(8-6-38)20-28(41)42/h2-4,15-19H,5-14,20H2,1H3,(H,37,43)(H,41,42). The second kappa shape index (κ2) is 14.2. The molecule has 0 aliphatic carbocycles. The van der Waals surface area contributed by atoms with Crippen LogP contribution in [0.25, 0.3) is 11.1 Å². The van der Waals surface area contributed by atoms with Gasteiger partial charge in [-0.2, -0.15) is 13.2 Å². The highest BCUT2D eigenvalue weighted by Crippen LogP contribution is 2.34. The molecule has 2 saturated heterocycles. The first-order valence-electron chi connectivity index (χ1n) is 14.6. The number of ether oxygens (including phenoxy) is 2. The number of rotatable bonds is 10. The van der Waals surface area contributed by atoms with E-state index in [4.69, 9.17) is 14.6 Å². The molecule has 4 heterocycles. The van der Waals surface area contributed by atoms with Crippen molar-refractivity contribution >= 4 is 23.3 Å². The topological polar surface area (TPSA) is 120 Å². The Morgan fingerprint density at radius 1 is 1.00 bits per heavy atom. The molecule has 3 aromatic rings. The monoisotopic (exact) mass is 628 g/mol. The molecular formula is C31H35F3N6O5.